The number of carbonyl (C=O) groups excluding carboxylic acids is 1. The second kappa shape index (κ2) is 7.60. The van der Waals surface area contributed by atoms with Gasteiger partial charge in [0.25, 0.3) is 0 Å². The number of fused-ring (bicyclic) bond motifs is 3. The average molecular weight is 398 g/mol. The Kier molecular flexibility index (Phi) is 4.78. The molecule has 0 unspecified atom stereocenters. The van der Waals surface area contributed by atoms with E-state index in [2.05, 4.69) is 71.5 Å². The van der Waals surface area contributed by atoms with Gasteiger partial charge in [-0.2, -0.15) is 0 Å². The van der Waals surface area contributed by atoms with Crippen molar-refractivity contribution in [2.45, 2.75) is 39.0 Å². The van der Waals surface area contributed by atoms with Crippen LogP contribution in [0.3, 0.4) is 0 Å². The van der Waals surface area contributed by atoms with Crippen LogP contribution in [0.25, 0.3) is 10.9 Å². The number of hydrogen-bond donors (Lipinski definition) is 1. The van der Waals surface area contributed by atoms with E-state index < -0.39 is 0 Å². The number of carbonyl (C=O) groups is 1. The van der Waals surface area contributed by atoms with Gasteiger partial charge in [-0.3, -0.25) is 9.78 Å². The molecule has 0 fully saturated rings. The highest BCUT2D eigenvalue weighted by Gasteiger charge is 2.36. The molecule has 2 aromatic carbocycles. The van der Waals surface area contributed by atoms with Gasteiger partial charge in [0.1, 0.15) is 0 Å². The highest BCUT2D eigenvalue weighted by molar-refractivity contribution is 6.03. The Morgan fingerprint density at radius 1 is 1.03 bits per heavy atom. The standard InChI is InChI=1S/C26H27N3O/c1-3-29(4-2)18-12-10-17(11-13-18)24-25-19-7-6-16-27-20(19)14-15-22(25)28-21-8-5-9-23(30)26(21)24/h6-7,10-16,24,28H,3-5,8-9H2,1-2H3/t24-/m0/s1. The van der Waals surface area contributed by atoms with Crippen LogP contribution in [0.5, 0.6) is 0 Å². The molecule has 0 bridgehead atoms. The lowest BCUT2D eigenvalue weighted by atomic mass is 9.74. The fourth-order valence-electron chi connectivity index (χ4n) is 5.03. The molecule has 2 heterocycles. The lowest BCUT2D eigenvalue weighted by Crippen LogP contribution is -2.27. The zero-order valence-corrected chi connectivity index (χ0v) is 17.6. The molecule has 1 N–H and O–H groups in total. The van der Waals surface area contributed by atoms with Crippen LogP contribution in [-0.2, 0) is 4.79 Å². The molecule has 0 spiro atoms. The third-order valence-corrected chi connectivity index (χ3v) is 6.50. The summed E-state index contributed by atoms with van der Waals surface area (Å²) in [6.07, 6.45) is 4.31. The Bertz CT molecular complexity index is 1140. The van der Waals surface area contributed by atoms with Crippen LogP contribution in [0.2, 0.25) is 0 Å². The van der Waals surface area contributed by atoms with Crippen LogP contribution in [0.1, 0.15) is 50.2 Å². The van der Waals surface area contributed by atoms with E-state index in [9.17, 15) is 4.79 Å². The van der Waals surface area contributed by atoms with Gasteiger partial charge in [-0.15, -0.1) is 0 Å². The van der Waals surface area contributed by atoms with Crippen LogP contribution >= 0.6 is 0 Å². The molecular formula is C26H27N3O. The summed E-state index contributed by atoms with van der Waals surface area (Å²) in [5, 5.41) is 4.71. The Balaban J connectivity index is 1.71. The summed E-state index contributed by atoms with van der Waals surface area (Å²) in [6, 6.07) is 17.1. The number of Topliss-reactive ketones (excluding diaryl/α,β-unsaturated/α-hetero) is 1. The summed E-state index contributed by atoms with van der Waals surface area (Å²) in [5.41, 5.74) is 7.68. The van der Waals surface area contributed by atoms with E-state index in [0.29, 0.717) is 6.42 Å². The van der Waals surface area contributed by atoms with Crippen molar-refractivity contribution in [2.24, 2.45) is 0 Å². The molecule has 2 aliphatic rings. The maximum absolute atomic E-state index is 13.1. The van der Waals surface area contributed by atoms with Gasteiger partial charge in [0, 0.05) is 59.7 Å². The second-order valence-corrected chi connectivity index (χ2v) is 8.09. The topological polar surface area (TPSA) is 45.2 Å². The molecule has 0 saturated carbocycles. The predicted octanol–water partition coefficient (Wildman–Crippen LogP) is 5.65. The fraction of sp³-hybridized carbons (Fsp3) is 0.308. The van der Waals surface area contributed by atoms with Crippen molar-refractivity contribution in [3.8, 4) is 0 Å². The number of nitrogens with zero attached hydrogens (tertiary/aromatic N) is 2. The Labute approximate surface area is 177 Å². The zero-order valence-electron chi connectivity index (χ0n) is 17.6. The molecule has 4 heteroatoms. The van der Waals surface area contributed by atoms with E-state index in [-0.39, 0.29) is 11.7 Å². The quantitative estimate of drug-likeness (QED) is 0.618. The summed E-state index contributed by atoms with van der Waals surface area (Å²) in [7, 11) is 0. The van der Waals surface area contributed by atoms with Crippen molar-refractivity contribution < 1.29 is 4.79 Å². The second-order valence-electron chi connectivity index (χ2n) is 8.09. The number of nitrogens with one attached hydrogen (secondary N) is 1. The number of allylic oxidation sites excluding steroid dienone is 2. The summed E-state index contributed by atoms with van der Waals surface area (Å²) in [6.45, 7) is 6.32. The van der Waals surface area contributed by atoms with Gasteiger partial charge in [-0.1, -0.05) is 18.2 Å². The molecule has 152 valence electrons. The molecule has 1 atom stereocenters. The lowest BCUT2D eigenvalue weighted by molar-refractivity contribution is -0.116. The van der Waals surface area contributed by atoms with E-state index in [0.717, 1.165) is 53.8 Å². The maximum Gasteiger partial charge on any atom is 0.161 e. The van der Waals surface area contributed by atoms with Crippen LogP contribution < -0.4 is 10.2 Å². The molecule has 1 aliphatic carbocycles. The van der Waals surface area contributed by atoms with Crippen LogP contribution in [0.15, 0.2) is 66.0 Å². The molecule has 0 amide bonds. The molecule has 0 radical (unpaired) electrons. The number of pyridine rings is 1. The van der Waals surface area contributed by atoms with Gasteiger partial charge >= 0.3 is 0 Å². The Morgan fingerprint density at radius 2 is 1.83 bits per heavy atom. The molecular weight excluding hydrogens is 370 g/mol. The Hall–Kier alpha value is -3.14. The van der Waals surface area contributed by atoms with Crippen LogP contribution in [-0.4, -0.2) is 23.9 Å². The third kappa shape index (κ3) is 2.98. The van der Waals surface area contributed by atoms with Gasteiger partial charge in [0.2, 0.25) is 0 Å². The molecule has 5 rings (SSSR count). The predicted molar refractivity (Wildman–Crippen MR) is 123 cm³/mol. The molecule has 0 saturated heterocycles. The smallest absolute Gasteiger partial charge is 0.161 e. The lowest BCUT2D eigenvalue weighted by Gasteiger charge is -2.35. The van der Waals surface area contributed by atoms with Gasteiger partial charge in [0.05, 0.1) is 5.52 Å². The summed E-state index contributed by atoms with van der Waals surface area (Å²) in [5.74, 6) is 0.218. The van der Waals surface area contributed by atoms with Gasteiger partial charge in [0.15, 0.2) is 5.78 Å². The highest BCUT2D eigenvalue weighted by Crippen LogP contribution is 2.47. The van der Waals surface area contributed by atoms with E-state index in [1.807, 2.05) is 12.3 Å². The molecule has 3 aromatic rings. The van der Waals surface area contributed by atoms with E-state index in [4.69, 9.17) is 0 Å². The van der Waals surface area contributed by atoms with Crippen molar-refractivity contribution >= 4 is 28.1 Å². The van der Waals surface area contributed by atoms with E-state index in [1.165, 1.54) is 16.8 Å². The summed E-state index contributed by atoms with van der Waals surface area (Å²) >= 11 is 0. The van der Waals surface area contributed by atoms with Crippen LogP contribution in [0, 0.1) is 0 Å². The zero-order chi connectivity index (χ0) is 20.7. The number of hydrogen-bond acceptors (Lipinski definition) is 4. The van der Waals surface area contributed by atoms with Gasteiger partial charge < -0.3 is 10.2 Å². The average Bonchev–Trinajstić information content (AvgIpc) is 2.79. The van der Waals surface area contributed by atoms with Crippen molar-refractivity contribution in [2.75, 3.05) is 23.3 Å². The van der Waals surface area contributed by atoms with Crippen molar-refractivity contribution in [1.82, 2.24) is 4.98 Å². The molecule has 1 aromatic heterocycles. The molecule has 4 nitrogen and oxygen atoms in total. The summed E-state index contributed by atoms with van der Waals surface area (Å²) < 4.78 is 0. The first-order valence-electron chi connectivity index (χ1n) is 11.0. The number of rotatable bonds is 4. The number of ketones is 1. The number of anilines is 2. The van der Waals surface area contributed by atoms with E-state index in [1.54, 1.807) is 0 Å². The van der Waals surface area contributed by atoms with Crippen molar-refractivity contribution in [3.63, 3.8) is 0 Å². The van der Waals surface area contributed by atoms with Gasteiger partial charge in [-0.05, 0) is 68.1 Å². The first-order chi connectivity index (χ1) is 14.7. The minimum atomic E-state index is -0.0531. The minimum Gasteiger partial charge on any atom is -0.372 e. The van der Waals surface area contributed by atoms with Gasteiger partial charge in [-0.25, -0.2) is 0 Å². The number of aromatic nitrogens is 1. The molecule has 30 heavy (non-hydrogen) atoms. The SMILES string of the molecule is CCN(CC)c1ccc([C@@H]2C3=C(CCCC3=O)Nc3ccc4ncccc4c32)cc1. The maximum atomic E-state index is 13.1. The Morgan fingerprint density at radius 3 is 2.60 bits per heavy atom. The first-order valence-corrected chi connectivity index (χ1v) is 11.0. The number of benzene rings is 2. The fourth-order valence-corrected chi connectivity index (χ4v) is 5.03. The minimum absolute atomic E-state index is 0.0531. The summed E-state index contributed by atoms with van der Waals surface area (Å²) in [4.78, 5) is 20.0. The van der Waals surface area contributed by atoms with Crippen molar-refractivity contribution in [3.05, 3.63) is 77.1 Å². The largest absolute Gasteiger partial charge is 0.372 e. The highest BCUT2D eigenvalue weighted by atomic mass is 16.1. The molecule has 1 aliphatic heterocycles. The first kappa shape index (κ1) is 18.9. The van der Waals surface area contributed by atoms with Crippen LogP contribution in [0.4, 0.5) is 11.4 Å². The third-order valence-electron chi connectivity index (χ3n) is 6.50. The van der Waals surface area contributed by atoms with Crippen molar-refractivity contribution in [1.29, 1.82) is 0 Å². The van der Waals surface area contributed by atoms with E-state index >= 15 is 0 Å². The monoisotopic (exact) mass is 397 g/mol. The normalized spacial score (nSPS) is 18.1.